The van der Waals surface area contributed by atoms with Crippen molar-refractivity contribution in [2.24, 2.45) is 0 Å². The molecule has 2 aromatic rings. The molecule has 26 heavy (non-hydrogen) atoms. The Bertz CT molecular complexity index is 804. The summed E-state index contributed by atoms with van der Waals surface area (Å²) in [5, 5.41) is 9.27. The van der Waals surface area contributed by atoms with Crippen molar-refractivity contribution in [2.75, 3.05) is 26.4 Å². The first-order valence-electron chi connectivity index (χ1n) is 8.59. The predicted molar refractivity (Wildman–Crippen MR) is 94.0 cm³/mol. The minimum absolute atomic E-state index is 0.0144. The highest BCUT2D eigenvalue weighted by atomic mass is 16.6. The summed E-state index contributed by atoms with van der Waals surface area (Å²) in [6.07, 6.45) is -0.609. The van der Waals surface area contributed by atoms with E-state index in [4.69, 9.17) is 9.47 Å². The molecule has 0 bridgehead atoms. The maximum Gasteiger partial charge on any atom is 0.410 e. The van der Waals surface area contributed by atoms with Crippen molar-refractivity contribution in [1.29, 1.82) is 0 Å². The summed E-state index contributed by atoms with van der Waals surface area (Å²) in [4.78, 5) is 25.0. The Morgan fingerprint density at radius 3 is 2.31 bits per heavy atom. The highest BCUT2D eigenvalue weighted by Crippen LogP contribution is 2.44. The van der Waals surface area contributed by atoms with Crippen LogP contribution in [-0.4, -0.2) is 54.5 Å². The van der Waals surface area contributed by atoms with Gasteiger partial charge in [-0.15, -0.1) is 0 Å². The van der Waals surface area contributed by atoms with Crippen LogP contribution in [0, 0.1) is 0 Å². The minimum Gasteiger partial charge on any atom is -0.480 e. The van der Waals surface area contributed by atoms with Gasteiger partial charge in [-0.05, 0) is 22.3 Å². The third-order valence-electron chi connectivity index (χ3n) is 4.98. The second-order valence-electron chi connectivity index (χ2n) is 6.43. The summed E-state index contributed by atoms with van der Waals surface area (Å²) in [5.74, 6) is -1.13. The number of rotatable bonds is 3. The number of benzene rings is 2. The van der Waals surface area contributed by atoms with Gasteiger partial charge in [0.2, 0.25) is 0 Å². The van der Waals surface area contributed by atoms with E-state index < -0.39 is 18.1 Å². The average Bonchev–Trinajstić information content (AvgIpc) is 3.00. The third-order valence-corrected chi connectivity index (χ3v) is 4.98. The number of carbonyl (C=O) groups excluding carboxylic acids is 1. The number of nitrogens with zero attached hydrogens (tertiary/aromatic N) is 1. The Kier molecular flexibility index (Phi) is 4.34. The van der Waals surface area contributed by atoms with Crippen LogP contribution in [0.2, 0.25) is 0 Å². The summed E-state index contributed by atoms with van der Waals surface area (Å²) in [5.41, 5.74) is 4.55. The van der Waals surface area contributed by atoms with Crippen molar-refractivity contribution in [1.82, 2.24) is 4.90 Å². The van der Waals surface area contributed by atoms with Gasteiger partial charge in [-0.1, -0.05) is 48.5 Å². The monoisotopic (exact) mass is 353 g/mol. The number of carbonyl (C=O) groups is 2. The van der Waals surface area contributed by atoms with Crippen LogP contribution < -0.4 is 0 Å². The number of ether oxygens (including phenoxy) is 2. The van der Waals surface area contributed by atoms with Crippen LogP contribution in [0.25, 0.3) is 11.1 Å². The fourth-order valence-corrected chi connectivity index (χ4v) is 3.70. The lowest BCUT2D eigenvalue weighted by Crippen LogP contribution is -2.52. The number of aliphatic carboxylic acids is 1. The number of hydrogen-bond acceptors (Lipinski definition) is 4. The standard InChI is InChI=1S/C20H19NO5/c22-19(23)18-12-25-10-9-21(18)20(24)26-11-17-15-7-3-1-5-13(15)14-6-2-4-8-16(14)17/h1-8,17-18H,9-12H2,(H,22,23). The maximum atomic E-state index is 12.5. The molecule has 1 aliphatic heterocycles. The molecule has 4 rings (SSSR count). The molecule has 1 unspecified atom stereocenters. The van der Waals surface area contributed by atoms with E-state index in [-0.39, 0.29) is 25.7 Å². The first kappa shape index (κ1) is 16.6. The lowest BCUT2D eigenvalue weighted by molar-refractivity contribution is -0.148. The van der Waals surface area contributed by atoms with E-state index in [1.54, 1.807) is 0 Å². The highest BCUT2D eigenvalue weighted by molar-refractivity contribution is 5.81. The Balaban J connectivity index is 1.53. The molecule has 1 heterocycles. The summed E-state index contributed by atoms with van der Waals surface area (Å²) in [6, 6.07) is 15.2. The molecule has 1 fully saturated rings. The van der Waals surface area contributed by atoms with Crippen molar-refractivity contribution < 1.29 is 24.2 Å². The predicted octanol–water partition coefficient (Wildman–Crippen LogP) is 2.72. The fraction of sp³-hybridized carbons (Fsp3) is 0.300. The summed E-state index contributed by atoms with van der Waals surface area (Å²) in [7, 11) is 0. The highest BCUT2D eigenvalue weighted by Gasteiger charge is 2.35. The quantitative estimate of drug-likeness (QED) is 0.918. The Morgan fingerprint density at radius 1 is 1.08 bits per heavy atom. The van der Waals surface area contributed by atoms with Crippen molar-refractivity contribution in [3.8, 4) is 11.1 Å². The summed E-state index contributed by atoms with van der Waals surface area (Å²) in [6.45, 7) is 0.692. The van der Waals surface area contributed by atoms with E-state index in [2.05, 4.69) is 12.1 Å². The zero-order chi connectivity index (χ0) is 18.1. The number of carboxylic acids is 1. The van der Waals surface area contributed by atoms with Crippen molar-refractivity contribution in [3.63, 3.8) is 0 Å². The fourth-order valence-electron chi connectivity index (χ4n) is 3.70. The second-order valence-corrected chi connectivity index (χ2v) is 6.43. The molecule has 2 aliphatic rings. The van der Waals surface area contributed by atoms with Crippen molar-refractivity contribution >= 4 is 12.1 Å². The Labute approximate surface area is 151 Å². The van der Waals surface area contributed by atoms with Crippen LogP contribution in [0.4, 0.5) is 4.79 Å². The van der Waals surface area contributed by atoms with Crippen LogP contribution in [0.5, 0.6) is 0 Å². The molecular formula is C20H19NO5. The van der Waals surface area contributed by atoms with E-state index in [9.17, 15) is 14.7 Å². The van der Waals surface area contributed by atoms with Gasteiger partial charge in [0.25, 0.3) is 0 Å². The molecule has 1 atom stereocenters. The van der Waals surface area contributed by atoms with E-state index in [0.717, 1.165) is 22.3 Å². The average molecular weight is 353 g/mol. The number of hydrogen-bond donors (Lipinski definition) is 1. The third kappa shape index (κ3) is 2.82. The van der Waals surface area contributed by atoms with Crippen LogP contribution >= 0.6 is 0 Å². The molecule has 1 N–H and O–H groups in total. The van der Waals surface area contributed by atoms with Crippen LogP contribution in [-0.2, 0) is 14.3 Å². The smallest absolute Gasteiger partial charge is 0.410 e. The summed E-state index contributed by atoms with van der Waals surface area (Å²) >= 11 is 0. The molecule has 134 valence electrons. The van der Waals surface area contributed by atoms with Gasteiger partial charge in [-0.2, -0.15) is 0 Å². The lowest BCUT2D eigenvalue weighted by Gasteiger charge is -2.32. The molecule has 6 nitrogen and oxygen atoms in total. The van der Waals surface area contributed by atoms with E-state index >= 15 is 0 Å². The van der Waals surface area contributed by atoms with Crippen molar-refractivity contribution in [3.05, 3.63) is 59.7 Å². The maximum absolute atomic E-state index is 12.5. The zero-order valence-electron chi connectivity index (χ0n) is 14.1. The van der Waals surface area contributed by atoms with E-state index in [0.29, 0.717) is 6.61 Å². The number of morpholine rings is 1. The van der Waals surface area contributed by atoms with Gasteiger partial charge in [0.1, 0.15) is 6.61 Å². The van der Waals surface area contributed by atoms with Crippen LogP contribution in [0.1, 0.15) is 17.0 Å². The van der Waals surface area contributed by atoms with E-state index in [1.165, 1.54) is 4.90 Å². The second kappa shape index (κ2) is 6.80. The molecular weight excluding hydrogens is 334 g/mol. The first-order valence-corrected chi connectivity index (χ1v) is 8.59. The normalized spacial score (nSPS) is 18.9. The van der Waals surface area contributed by atoms with Crippen LogP contribution in [0.15, 0.2) is 48.5 Å². The molecule has 0 aromatic heterocycles. The largest absolute Gasteiger partial charge is 0.480 e. The van der Waals surface area contributed by atoms with Gasteiger partial charge in [-0.25, -0.2) is 9.59 Å². The number of amides is 1. The van der Waals surface area contributed by atoms with Crippen LogP contribution in [0.3, 0.4) is 0 Å². The molecule has 0 saturated carbocycles. The molecule has 2 aromatic carbocycles. The Hall–Kier alpha value is -2.86. The number of fused-ring (bicyclic) bond motifs is 3. The summed E-state index contributed by atoms with van der Waals surface area (Å²) < 4.78 is 10.7. The first-order chi connectivity index (χ1) is 12.7. The SMILES string of the molecule is O=C(O)C1COCCN1C(=O)OCC1c2ccccc2-c2ccccc21. The zero-order valence-corrected chi connectivity index (χ0v) is 14.1. The molecule has 0 radical (unpaired) electrons. The van der Waals surface area contributed by atoms with Gasteiger partial charge in [0.15, 0.2) is 6.04 Å². The molecule has 1 amide bonds. The van der Waals surface area contributed by atoms with Crippen molar-refractivity contribution in [2.45, 2.75) is 12.0 Å². The molecule has 1 saturated heterocycles. The number of carboxylic acid groups (broad SMARTS) is 1. The topological polar surface area (TPSA) is 76.1 Å². The van der Waals surface area contributed by atoms with E-state index in [1.807, 2.05) is 36.4 Å². The van der Waals surface area contributed by atoms with Gasteiger partial charge >= 0.3 is 12.1 Å². The van der Waals surface area contributed by atoms with Gasteiger partial charge in [0, 0.05) is 12.5 Å². The molecule has 0 spiro atoms. The minimum atomic E-state index is -1.08. The van der Waals surface area contributed by atoms with Gasteiger partial charge < -0.3 is 14.6 Å². The molecule has 1 aliphatic carbocycles. The van der Waals surface area contributed by atoms with Gasteiger partial charge in [-0.3, -0.25) is 4.90 Å². The van der Waals surface area contributed by atoms with Gasteiger partial charge in [0.05, 0.1) is 13.2 Å². The molecule has 6 heteroatoms. The lowest BCUT2D eigenvalue weighted by atomic mass is 9.98. The Morgan fingerprint density at radius 2 is 1.69 bits per heavy atom.